The number of rotatable bonds is 5. The molecule has 1 heterocycles. The van der Waals surface area contributed by atoms with Crippen molar-refractivity contribution in [2.24, 2.45) is 0 Å². The molecule has 6 nitrogen and oxygen atoms in total. The predicted octanol–water partition coefficient (Wildman–Crippen LogP) is 2.40. The highest BCUT2D eigenvalue weighted by atomic mass is 32.2. The molecule has 1 N–H and O–H groups in total. The summed E-state index contributed by atoms with van der Waals surface area (Å²) in [4.78, 5) is 14.4. The third-order valence-electron chi connectivity index (χ3n) is 4.66. The molecule has 0 spiro atoms. The molecule has 0 unspecified atom stereocenters. The van der Waals surface area contributed by atoms with Crippen LogP contribution in [0.15, 0.2) is 47.4 Å². The molecule has 0 saturated carbocycles. The smallest absolute Gasteiger partial charge is 0.245 e. The first-order valence-corrected chi connectivity index (χ1v) is 9.85. The van der Waals surface area contributed by atoms with Crippen LogP contribution in [0.4, 0.5) is 5.69 Å². The Bertz CT molecular complexity index is 940. The molecule has 1 amide bonds. The molecule has 2 aromatic carbocycles. The summed E-state index contributed by atoms with van der Waals surface area (Å²) in [6, 6.07) is 11.2. The number of methoxy groups -OCH3 is 1. The average Bonchev–Trinajstić information content (AvgIpc) is 2.97. The number of nitrogens with zero attached hydrogens (tertiary/aromatic N) is 1. The van der Waals surface area contributed by atoms with Gasteiger partial charge in [0.25, 0.3) is 0 Å². The summed E-state index contributed by atoms with van der Waals surface area (Å²) in [5.41, 5.74) is 3.03. The summed E-state index contributed by atoms with van der Waals surface area (Å²) < 4.78 is 32.8. The number of amides is 1. The maximum absolute atomic E-state index is 12.7. The van der Waals surface area contributed by atoms with E-state index in [1.54, 1.807) is 17.0 Å². The fraction of sp³-hybridized carbons (Fsp3) is 0.316. The van der Waals surface area contributed by atoms with Crippen molar-refractivity contribution in [3.8, 4) is 5.75 Å². The third-order valence-corrected chi connectivity index (χ3v) is 6.13. The van der Waals surface area contributed by atoms with E-state index in [1.807, 2.05) is 32.0 Å². The van der Waals surface area contributed by atoms with E-state index in [4.69, 9.17) is 4.74 Å². The molecule has 1 aliphatic heterocycles. The summed E-state index contributed by atoms with van der Waals surface area (Å²) in [5.74, 6) is 0.210. The van der Waals surface area contributed by atoms with E-state index in [0.29, 0.717) is 18.7 Å². The first-order chi connectivity index (χ1) is 12.3. The number of hydrogen-bond donors (Lipinski definition) is 1. The second-order valence-corrected chi connectivity index (χ2v) is 8.11. The van der Waals surface area contributed by atoms with Crippen LogP contribution >= 0.6 is 0 Å². The Balaban J connectivity index is 1.78. The third kappa shape index (κ3) is 3.59. The lowest BCUT2D eigenvalue weighted by atomic mass is 10.1. The van der Waals surface area contributed by atoms with Crippen molar-refractivity contribution >= 4 is 21.6 Å². The molecule has 1 fully saturated rings. The van der Waals surface area contributed by atoms with Crippen LogP contribution in [-0.4, -0.2) is 34.0 Å². The summed E-state index contributed by atoms with van der Waals surface area (Å²) in [6.45, 7) is 4.48. The highest BCUT2D eigenvalue weighted by Crippen LogP contribution is 2.25. The van der Waals surface area contributed by atoms with Crippen molar-refractivity contribution in [3.63, 3.8) is 0 Å². The standard InChI is InChI=1S/C19H22N2O4S/c1-13-7-8-15(11-14(13)2)21-10-9-18(19(21)22)20-26(23,24)17-6-4-5-16(12-17)25-3/h4-8,11-12,18,20H,9-10H2,1-3H3/t18-/m0/s1. The molecule has 0 bridgehead atoms. The van der Waals surface area contributed by atoms with Gasteiger partial charge in [-0.3, -0.25) is 4.79 Å². The number of nitrogens with one attached hydrogen (secondary N) is 1. The Morgan fingerprint density at radius 1 is 1.12 bits per heavy atom. The van der Waals surface area contributed by atoms with Crippen molar-refractivity contribution < 1.29 is 17.9 Å². The van der Waals surface area contributed by atoms with Gasteiger partial charge in [-0.2, -0.15) is 4.72 Å². The van der Waals surface area contributed by atoms with Gasteiger partial charge in [0.05, 0.1) is 12.0 Å². The van der Waals surface area contributed by atoms with Crippen LogP contribution in [0.2, 0.25) is 0 Å². The van der Waals surface area contributed by atoms with E-state index in [2.05, 4.69) is 4.72 Å². The summed E-state index contributed by atoms with van der Waals surface area (Å²) in [6.07, 6.45) is 0.426. The number of carbonyl (C=O) groups is 1. The number of ether oxygens (including phenoxy) is 1. The van der Waals surface area contributed by atoms with E-state index in [9.17, 15) is 13.2 Å². The zero-order valence-electron chi connectivity index (χ0n) is 15.0. The lowest BCUT2D eigenvalue weighted by Crippen LogP contribution is -2.41. The summed E-state index contributed by atoms with van der Waals surface area (Å²) in [7, 11) is -2.33. The maximum Gasteiger partial charge on any atom is 0.245 e. The lowest BCUT2D eigenvalue weighted by molar-refractivity contribution is -0.118. The van der Waals surface area contributed by atoms with E-state index < -0.39 is 16.1 Å². The minimum atomic E-state index is -3.81. The zero-order valence-corrected chi connectivity index (χ0v) is 15.8. The molecule has 1 aliphatic rings. The predicted molar refractivity (Wildman–Crippen MR) is 100.0 cm³/mol. The normalized spacial score (nSPS) is 17.6. The van der Waals surface area contributed by atoms with Crippen molar-refractivity contribution in [3.05, 3.63) is 53.6 Å². The summed E-state index contributed by atoms with van der Waals surface area (Å²) in [5, 5.41) is 0. The summed E-state index contributed by atoms with van der Waals surface area (Å²) >= 11 is 0. The molecule has 3 rings (SSSR count). The number of anilines is 1. The van der Waals surface area contributed by atoms with Gasteiger partial charge in [-0.15, -0.1) is 0 Å². The molecule has 26 heavy (non-hydrogen) atoms. The van der Waals surface area contributed by atoms with Crippen LogP contribution < -0.4 is 14.4 Å². The minimum Gasteiger partial charge on any atom is -0.497 e. The number of aryl methyl sites for hydroxylation is 2. The largest absolute Gasteiger partial charge is 0.497 e. The Hall–Kier alpha value is -2.38. The highest BCUT2D eigenvalue weighted by molar-refractivity contribution is 7.89. The van der Waals surface area contributed by atoms with Gasteiger partial charge in [-0.05, 0) is 55.7 Å². The zero-order chi connectivity index (χ0) is 18.9. The molecule has 138 valence electrons. The quantitative estimate of drug-likeness (QED) is 0.872. The molecule has 7 heteroatoms. The fourth-order valence-electron chi connectivity index (χ4n) is 2.96. The first-order valence-electron chi connectivity index (χ1n) is 8.37. The van der Waals surface area contributed by atoms with Gasteiger partial charge in [-0.1, -0.05) is 12.1 Å². The van der Waals surface area contributed by atoms with Gasteiger partial charge >= 0.3 is 0 Å². The molecule has 2 aromatic rings. The van der Waals surface area contributed by atoms with E-state index in [1.165, 1.54) is 19.2 Å². The van der Waals surface area contributed by atoms with Gasteiger partial charge in [0.1, 0.15) is 11.8 Å². The second-order valence-electron chi connectivity index (χ2n) is 6.40. The SMILES string of the molecule is COc1cccc(S(=O)(=O)N[C@H]2CCN(c3ccc(C)c(C)c3)C2=O)c1. The monoisotopic (exact) mass is 374 g/mol. The van der Waals surface area contributed by atoms with Crippen LogP contribution in [0.25, 0.3) is 0 Å². The average molecular weight is 374 g/mol. The van der Waals surface area contributed by atoms with Crippen molar-refractivity contribution in [2.75, 3.05) is 18.6 Å². The Morgan fingerprint density at radius 3 is 2.58 bits per heavy atom. The number of benzene rings is 2. The fourth-order valence-corrected chi connectivity index (χ4v) is 4.22. The second kappa shape index (κ2) is 7.09. The van der Waals surface area contributed by atoms with Gasteiger partial charge in [0, 0.05) is 18.3 Å². The molecule has 0 aromatic heterocycles. The van der Waals surface area contributed by atoms with Crippen molar-refractivity contribution in [1.82, 2.24) is 4.72 Å². The van der Waals surface area contributed by atoms with Crippen LogP contribution in [0.3, 0.4) is 0 Å². The van der Waals surface area contributed by atoms with Gasteiger partial charge in [0.15, 0.2) is 0 Å². The highest BCUT2D eigenvalue weighted by Gasteiger charge is 2.35. The Kier molecular flexibility index (Phi) is 5.02. The molecule has 1 saturated heterocycles. The van der Waals surface area contributed by atoms with E-state index >= 15 is 0 Å². The molecule has 1 atom stereocenters. The van der Waals surface area contributed by atoms with Gasteiger partial charge in [0.2, 0.25) is 15.9 Å². The van der Waals surface area contributed by atoms with Gasteiger partial charge < -0.3 is 9.64 Å². The van der Waals surface area contributed by atoms with Crippen molar-refractivity contribution in [1.29, 1.82) is 0 Å². The number of carbonyl (C=O) groups excluding carboxylic acids is 1. The Morgan fingerprint density at radius 2 is 1.88 bits per heavy atom. The van der Waals surface area contributed by atoms with Crippen molar-refractivity contribution in [2.45, 2.75) is 31.2 Å². The van der Waals surface area contributed by atoms with Crippen LogP contribution in [-0.2, 0) is 14.8 Å². The number of hydrogen-bond acceptors (Lipinski definition) is 4. The van der Waals surface area contributed by atoms with E-state index in [-0.39, 0.29) is 10.8 Å². The van der Waals surface area contributed by atoms with Crippen LogP contribution in [0.5, 0.6) is 5.75 Å². The lowest BCUT2D eigenvalue weighted by Gasteiger charge is -2.18. The maximum atomic E-state index is 12.7. The van der Waals surface area contributed by atoms with E-state index in [0.717, 1.165) is 16.8 Å². The topological polar surface area (TPSA) is 75.7 Å². The van der Waals surface area contributed by atoms with Crippen LogP contribution in [0.1, 0.15) is 17.5 Å². The molecular formula is C19H22N2O4S. The molecule has 0 aliphatic carbocycles. The Labute approximate surface area is 153 Å². The molecular weight excluding hydrogens is 352 g/mol. The first kappa shape index (κ1) is 18.4. The minimum absolute atomic E-state index is 0.0780. The van der Waals surface area contributed by atoms with Crippen LogP contribution in [0, 0.1) is 13.8 Å². The number of sulfonamides is 1. The van der Waals surface area contributed by atoms with Gasteiger partial charge in [-0.25, -0.2) is 8.42 Å². The molecule has 0 radical (unpaired) electrons.